The maximum atomic E-state index is 12.8. The first-order valence-corrected chi connectivity index (χ1v) is 28.4. The minimum Gasteiger partial charge on any atom is -0.544 e. The minimum absolute atomic E-state index is 0.0431. The summed E-state index contributed by atoms with van der Waals surface area (Å²) in [5, 5.41) is 11.7. The fourth-order valence-corrected chi connectivity index (χ4v) is 8.69. The molecule has 2 atom stereocenters. The smallest absolute Gasteiger partial charge is 0.306 e. The van der Waals surface area contributed by atoms with Crippen LogP contribution in [0.5, 0.6) is 0 Å². The fourth-order valence-electron chi connectivity index (χ4n) is 8.69. The Kier molecular flexibility index (Phi) is 47.6. The Morgan fingerprint density at radius 2 is 0.803 bits per heavy atom. The average Bonchev–Trinajstić information content (AvgIpc) is 3.28. The molecule has 2 unspecified atom stereocenters. The van der Waals surface area contributed by atoms with Gasteiger partial charge in [-0.3, -0.25) is 9.59 Å². The zero-order chi connectivity index (χ0) is 48.4. The number of carboxylic acid groups (broad SMARTS) is 1. The van der Waals surface area contributed by atoms with Crippen LogP contribution in [0.2, 0.25) is 0 Å². The fraction of sp³-hybridized carbons (Fsp3) is 0.879. The third-order valence-electron chi connectivity index (χ3n) is 13.1. The quantitative estimate of drug-likeness (QED) is 0.0259. The van der Waals surface area contributed by atoms with E-state index in [0.29, 0.717) is 12.8 Å². The number of quaternary nitrogens is 1. The minimum atomic E-state index is -1.12. The molecule has 8 heteroatoms. The second-order valence-corrected chi connectivity index (χ2v) is 20.5. The SMILES string of the molecule is CCCCCCCCCCC/C=C/C/C=C/CCCCCCCCCC(=O)OCC(COCCC(C(=O)[O-])[N+](C)(C)C)OC(=O)CCCCCCCCCCCCCCCCCCCCC. The number of esters is 2. The van der Waals surface area contributed by atoms with Gasteiger partial charge in [0.1, 0.15) is 12.6 Å². The molecule has 0 saturated heterocycles. The third kappa shape index (κ3) is 46.9. The van der Waals surface area contributed by atoms with Crippen molar-refractivity contribution in [3.63, 3.8) is 0 Å². The van der Waals surface area contributed by atoms with Gasteiger partial charge < -0.3 is 28.6 Å². The normalized spacial score (nSPS) is 12.9. The first kappa shape index (κ1) is 63.8. The van der Waals surface area contributed by atoms with Gasteiger partial charge in [-0.15, -0.1) is 0 Å². The van der Waals surface area contributed by atoms with Crippen LogP contribution >= 0.6 is 0 Å². The van der Waals surface area contributed by atoms with Gasteiger partial charge in [0.2, 0.25) is 0 Å². The first-order valence-electron chi connectivity index (χ1n) is 28.4. The molecule has 0 aromatic carbocycles. The van der Waals surface area contributed by atoms with Gasteiger partial charge in [-0.1, -0.05) is 237 Å². The topological polar surface area (TPSA) is 102 Å². The number of carbonyl (C=O) groups excluding carboxylic acids is 3. The summed E-state index contributed by atoms with van der Waals surface area (Å²) in [5.74, 6) is -1.72. The lowest BCUT2D eigenvalue weighted by Crippen LogP contribution is -2.55. The lowest BCUT2D eigenvalue weighted by Gasteiger charge is -2.34. The highest BCUT2D eigenvalue weighted by molar-refractivity contribution is 5.70. The molecule has 0 aliphatic carbocycles. The van der Waals surface area contributed by atoms with Crippen molar-refractivity contribution in [2.24, 2.45) is 0 Å². The summed E-state index contributed by atoms with van der Waals surface area (Å²) in [6.07, 6.45) is 57.9. The van der Waals surface area contributed by atoms with Crippen LogP contribution in [0.15, 0.2) is 24.3 Å². The van der Waals surface area contributed by atoms with E-state index in [0.717, 1.165) is 51.4 Å². The Bertz CT molecular complexity index is 1130. The van der Waals surface area contributed by atoms with Crippen molar-refractivity contribution in [3.8, 4) is 0 Å². The Labute approximate surface area is 409 Å². The van der Waals surface area contributed by atoms with Crippen LogP contribution in [0.1, 0.15) is 277 Å². The molecule has 0 aliphatic rings. The Morgan fingerprint density at radius 1 is 0.455 bits per heavy atom. The number of unbranched alkanes of at least 4 members (excludes halogenated alkanes) is 34. The standard InChI is InChI=1S/C58H109NO7/c1-6-8-10-12-14-16-18-20-22-24-26-27-28-29-31-32-34-36-38-40-42-44-46-48-56(60)65-53-54(52-64-51-50-55(58(62)63)59(3,4)5)66-57(61)49-47-45-43-41-39-37-35-33-30-25-23-21-19-17-15-13-11-9-7-2/h26-27,29,31,54-55H,6-25,28,30,32-53H2,1-5H3/b27-26+,31-29+. The van der Waals surface area contributed by atoms with Crippen molar-refractivity contribution in [1.82, 2.24) is 0 Å². The molecule has 0 rings (SSSR count). The maximum absolute atomic E-state index is 12.8. The van der Waals surface area contributed by atoms with Crippen molar-refractivity contribution in [2.45, 2.75) is 289 Å². The van der Waals surface area contributed by atoms with E-state index in [4.69, 9.17) is 14.2 Å². The largest absolute Gasteiger partial charge is 0.544 e. The number of hydrogen-bond donors (Lipinski definition) is 0. The Morgan fingerprint density at radius 3 is 1.17 bits per heavy atom. The number of likely N-dealkylation sites (N-methyl/N-ethyl adjacent to an activating group) is 1. The zero-order valence-electron chi connectivity index (χ0n) is 44.4. The molecule has 0 bridgehead atoms. The number of carboxylic acids is 1. The zero-order valence-corrected chi connectivity index (χ0v) is 44.4. The van der Waals surface area contributed by atoms with Crippen LogP contribution in [0, 0.1) is 0 Å². The van der Waals surface area contributed by atoms with Gasteiger partial charge in [0.15, 0.2) is 6.10 Å². The molecule has 0 spiro atoms. The highest BCUT2D eigenvalue weighted by atomic mass is 16.6. The van der Waals surface area contributed by atoms with Gasteiger partial charge >= 0.3 is 11.9 Å². The van der Waals surface area contributed by atoms with E-state index < -0.39 is 18.1 Å². The molecule has 0 N–H and O–H groups in total. The number of nitrogens with zero attached hydrogens (tertiary/aromatic N) is 1. The molecule has 0 aromatic rings. The van der Waals surface area contributed by atoms with Gasteiger partial charge in [0.25, 0.3) is 0 Å². The lowest BCUT2D eigenvalue weighted by atomic mass is 10.0. The molecular weight excluding hydrogens is 823 g/mol. The molecule has 388 valence electrons. The lowest BCUT2D eigenvalue weighted by molar-refractivity contribution is -0.889. The molecule has 0 amide bonds. The van der Waals surface area contributed by atoms with E-state index in [-0.39, 0.29) is 42.7 Å². The molecule has 0 aromatic heterocycles. The predicted octanol–water partition coefficient (Wildman–Crippen LogP) is 15.4. The molecule has 0 aliphatic heterocycles. The molecule has 0 heterocycles. The molecular formula is C58H109NO7. The number of rotatable bonds is 52. The highest BCUT2D eigenvalue weighted by Gasteiger charge is 2.25. The molecule has 0 saturated carbocycles. The molecule has 66 heavy (non-hydrogen) atoms. The number of carbonyl (C=O) groups is 3. The van der Waals surface area contributed by atoms with Crippen LogP contribution in [-0.4, -0.2) is 75.5 Å². The summed E-state index contributed by atoms with van der Waals surface area (Å²) in [6.45, 7) is 4.71. The molecule has 0 fully saturated rings. The monoisotopic (exact) mass is 932 g/mol. The number of aliphatic carboxylic acids is 1. The molecule has 0 radical (unpaired) electrons. The summed E-state index contributed by atoms with van der Waals surface area (Å²) < 4.78 is 17.3. The van der Waals surface area contributed by atoms with Crippen molar-refractivity contribution < 1.29 is 38.2 Å². The number of ether oxygens (including phenoxy) is 3. The molecule has 8 nitrogen and oxygen atoms in total. The first-order chi connectivity index (χ1) is 32.1. The number of hydrogen-bond acceptors (Lipinski definition) is 7. The van der Waals surface area contributed by atoms with E-state index in [1.807, 2.05) is 21.1 Å². The number of allylic oxidation sites excluding steroid dienone is 4. The summed E-state index contributed by atoms with van der Waals surface area (Å²) >= 11 is 0. The van der Waals surface area contributed by atoms with Crippen molar-refractivity contribution in [3.05, 3.63) is 24.3 Å². The van der Waals surface area contributed by atoms with Crippen LogP contribution < -0.4 is 5.11 Å². The second kappa shape index (κ2) is 49.2. The average molecular weight is 933 g/mol. The predicted molar refractivity (Wildman–Crippen MR) is 277 cm³/mol. The Hall–Kier alpha value is -2.19. The van der Waals surface area contributed by atoms with Crippen LogP contribution in [0.3, 0.4) is 0 Å². The summed E-state index contributed by atoms with van der Waals surface area (Å²) in [4.78, 5) is 37.1. The van der Waals surface area contributed by atoms with Gasteiger partial charge in [-0.25, -0.2) is 0 Å². The van der Waals surface area contributed by atoms with E-state index in [2.05, 4.69) is 38.2 Å². The Balaban J connectivity index is 4.17. The van der Waals surface area contributed by atoms with Gasteiger partial charge in [0.05, 0.1) is 40.3 Å². The van der Waals surface area contributed by atoms with Crippen molar-refractivity contribution in [1.29, 1.82) is 0 Å². The van der Waals surface area contributed by atoms with Gasteiger partial charge in [0, 0.05) is 19.3 Å². The van der Waals surface area contributed by atoms with E-state index >= 15 is 0 Å². The second-order valence-electron chi connectivity index (χ2n) is 20.5. The van der Waals surface area contributed by atoms with Crippen LogP contribution in [-0.2, 0) is 28.6 Å². The maximum Gasteiger partial charge on any atom is 0.306 e. The summed E-state index contributed by atoms with van der Waals surface area (Å²) in [7, 11) is 5.43. The van der Waals surface area contributed by atoms with Crippen LogP contribution in [0.25, 0.3) is 0 Å². The third-order valence-corrected chi connectivity index (χ3v) is 13.1. The van der Waals surface area contributed by atoms with Gasteiger partial charge in [-0.2, -0.15) is 0 Å². The van der Waals surface area contributed by atoms with Crippen molar-refractivity contribution in [2.75, 3.05) is 41.0 Å². The van der Waals surface area contributed by atoms with Crippen molar-refractivity contribution >= 4 is 17.9 Å². The van der Waals surface area contributed by atoms with Gasteiger partial charge in [-0.05, 0) is 44.9 Å². The summed E-state index contributed by atoms with van der Waals surface area (Å²) in [5.41, 5.74) is 0. The van der Waals surface area contributed by atoms with E-state index in [1.165, 1.54) is 193 Å². The van der Waals surface area contributed by atoms with E-state index in [9.17, 15) is 19.5 Å². The highest BCUT2D eigenvalue weighted by Crippen LogP contribution is 2.17. The van der Waals surface area contributed by atoms with Crippen LogP contribution in [0.4, 0.5) is 0 Å². The van der Waals surface area contributed by atoms with E-state index in [1.54, 1.807) is 0 Å². The summed E-state index contributed by atoms with van der Waals surface area (Å²) in [6, 6.07) is -0.725.